The van der Waals surface area contributed by atoms with E-state index in [2.05, 4.69) is 36.1 Å². The van der Waals surface area contributed by atoms with Crippen molar-refractivity contribution in [3.05, 3.63) is 29.6 Å². The van der Waals surface area contributed by atoms with E-state index in [1.807, 2.05) is 30.2 Å². The molecule has 4 heteroatoms. The molecular formula is C14H21N3S. The lowest BCUT2D eigenvalue weighted by Crippen LogP contribution is -2.41. The van der Waals surface area contributed by atoms with E-state index in [-0.39, 0.29) is 0 Å². The number of aryl methyl sites for hydroxylation is 1. The molecule has 1 saturated heterocycles. The zero-order valence-electron chi connectivity index (χ0n) is 11.3. The third-order valence-electron chi connectivity index (χ3n) is 3.32. The van der Waals surface area contributed by atoms with Gasteiger partial charge in [-0.3, -0.25) is 9.98 Å². The summed E-state index contributed by atoms with van der Waals surface area (Å²) >= 11 is 1.83. The molecule has 1 atom stereocenters. The molecule has 2 heterocycles. The van der Waals surface area contributed by atoms with Crippen LogP contribution in [0, 0.1) is 12.8 Å². The summed E-state index contributed by atoms with van der Waals surface area (Å²) in [6.07, 6.45) is 4.97. The fraction of sp³-hybridized carbons (Fsp3) is 0.571. The summed E-state index contributed by atoms with van der Waals surface area (Å²) in [6.45, 7) is 7.35. The van der Waals surface area contributed by atoms with Crippen LogP contribution in [-0.2, 0) is 6.54 Å². The summed E-state index contributed by atoms with van der Waals surface area (Å²) in [5.74, 6) is 1.83. The molecule has 1 aliphatic rings. The van der Waals surface area contributed by atoms with Crippen LogP contribution in [0.15, 0.2) is 23.5 Å². The van der Waals surface area contributed by atoms with Gasteiger partial charge in [-0.05, 0) is 36.5 Å². The number of amidine groups is 1. The van der Waals surface area contributed by atoms with E-state index in [1.165, 1.54) is 23.3 Å². The molecule has 1 fully saturated rings. The standard InChI is InChI=1S/C14H21N3S/c1-10(2)13-5-7-18-14(17-13)16-9-12-8-15-6-4-11(12)3/h4,6,8,10,13H,5,7,9H2,1-3H3,(H,16,17). The Labute approximate surface area is 113 Å². The van der Waals surface area contributed by atoms with Gasteiger partial charge in [-0.15, -0.1) is 0 Å². The van der Waals surface area contributed by atoms with E-state index >= 15 is 0 Å². The van der Waals surface area contributed by atoms with Crippen LogP contribution in [0.2, 0.25) is 0 Å². The van der Waals surface area contributed by atoms with Gasteiger partial charge in [0, 0.05) is 24.2 Å². The highest BCUT2D eigenvalue weighted by molar-refractivity contribution is 8.13. The third kappa shape index (κ3) is 3.48. The molecule has 1 aliphatic heterocycles. The Kier molecular flexibility index (Phi) is 4.64. The van der Waals surface area contributed by atoms with Crippen LogP contribution in [0.25, 0.3) is 0 Å². The van der Waals surface area contributed by atoms with Crippen molar-refractivity contribution in [1.82, 2.24) is 10.3 Å². The Hall–Kier alpha value is -1.03. The topological polar surface area (TPSA) is 37.3 Å². The number of nitrogens with zero attached hydrogens (tertiary/aromatic N) is 2. The van der Waals surface area contributed by atoms with E-state index in [0.717, 1.165) is 11.7 Å². The highest BCUT2D eigenvalue weighted by Crippen LogP contribution is 2.19. The number of rotatable bonds is 3. The van der Waals surface area contributed by atoms with Crippen molar-refractivity contribution in [1.29, 1.82) is 0 Å². The maximum absolute atomic E-state index is 4.68. The van der Waals surface area contributed by atoms with Gasteiger partial charge < -0.3 is 5.32 Å². The summed E-state index contributed by atoms with van der Waals surface area (Å²) in [4.78, 5) is 8.83. The summed E-state index contributed by atoms with van der Waals surface area (Å²) in [5.41, 5.74) is 2.47. The van der Waals surface area contributed by atoms with E-state index < -0.39 is 0 Å². The average molecular weight is 263 g/mol. The first kappa shape index (κ1) is 13.4. The van der Waals surface area contributed by atoms with Gasteiger partial charge in [0.25, 0.3) is 0 Å². The number of aromatic nitrogens is 1. The number of hydrogen-bond donors (Lipinski definition) is 1. The van der Waals surface area contributed by atoms with Crippen molar-refractivity contribution in [2.24, 2.45) is 10.9 Å². The van der Waals surface area contributed by atoms with E-state index in [4.69, 9.17) is 0 Å². The second-order valence-corrected chi connectivity index (χ2v) is 6.14. The van der Waals surface area contributed by atoms with E-state index in [9.17, 15) is 0 Å². The molecule has 1 unspecified atom stereocenters. The van der Waals surface area contributed by atoms with Gasteiger partial charge in [-0.25, -0.2) is 0 Å². The molecule has 0 aromatic carbocycles. The van der Waals surface area contributed by atoms with Crippen LogP contribution in [-0.4, -0.2) is 21.9 Å². The molecule has 0 amide bonds. The molecule has 0 radical (unpaired) electrons. The Balaban J connectivity index is 1.99. The van der Waals surface area contributed by atoms with Crippen LogP contribution in [0.4, 0.5) is 0 Å². The first-order chi connectivity index (χ1) is 8.66. The van der Waals surface area contributed by atoms with Crippen LogP contribution < -0.4 is 5.32 Å². The zero-order valence-corrected chi connectivity index (χ0v) is 12.1. The van der Waals surface area contributed by atoms with Gasteiger partial charge in [0.1, 0.15) is 0 Å². The Bertz CT molecular complexity index is 429. The molecule has 0 saturated carbocycles. The Morgan fingerprint density at radius 2 is 2.39 bits per heavy atom. The number of nitrogens with one attached hydrogen (secondary N) is 1. The number of hydrogen-bond acceptors (Lipinski definition) is 3. The number of pyridine rings is 1. The van der Waals surface area contributed by atoms with Crippen LogP contribution in [0.5, 0.6) is 0 Å². The molecule has 1 aromatic heterocycles. The molecule has 2 rings (SSSR count). The highest BCUT2D eigenvalue weighted by Gasteiger charge is 2.19. The van der Waals surface area contributed by atoms with Crippen LogP contribution >= 0.6 is 11.8 Å². The van der Waals surface area contributed by atoms with Gasteiger partial charge in [0.05, 0.1) is 6.54 Å². The van der Waals surface area contributed by atoms with Crippen molar-refractivity contribution in [3.8, 4) is 0 Å². The SMILES string of the molecule is Cc1ccncc1CN=C1NC(C(C)C)CCS1. The van der Waals surface area contributed by atoms with Crippen molar-refractivity contribution in [2.45, 2.75) is 39.8 Å². The highest BCUT2D eigenvalue weighted by atomic mass is 32.2. The van der Waals surface area contributed by atoms with Gasteiger partial charge in [-0.2, -0.15) is 0 Å². The molecule has 3 nitrogen and oxygen atoms in total. The zero-order chi connectivity index (χ0) is 13.0. The van der Waals surface area contributed by atoms with Gasteiger partial charge in [0.2, 0.25) is 0 Å². The monoisotopic (exact) mass is 263 g/mol. The maximum Gasteiger partial charge on any atom is 0.157 e. The quantitative estimate of drug-likeness (QED) is 0.911. The minimum atomic E-state index is 0.569. The predicted octanol–water partition coefficient (Wildman–Crippen LogP) is 3.00. The first-order valence-electron chi connectivity index (χ1n) is 6.50. The molecule has 1 N–H and O–H groups in total. The summed E-state index contributed by atoms with van der Waals surface area (Å²) in [5, 5.41) is 4.62. The van der Waals surface area contributed by atoms with Crippen LogP contribution in [0.1, 0.15) is 31.4 Å². The minimum absolute atomic E-state index is 0.569. The minimum Gasteiger partial charge on any atom is -0.362 e. The molecule has 1 aromatic rings. The third-order valence-corrected chi connectivity index (χ3v) is 4.28. The lowest BCUT2D eigenvalue weighted by molar-refractivity contribution is 0.442. The van der Waals surface area contributed by atoms with E-state index in [1.54, 1.807) is 0 Å². The smallest absolute Gasteiger partial charge is 0.157 e. The lowest BCUT2D eigenvalue weighted by atomic mass is 10.0. The van der Waals surface area contributed by atoms with Gasteiger partial charge >= 0.3 is 0 Å². The lowest BCUT2D eigenvalue weighted by Gasteiger charge is -2.28. The van der Waals surface area contributed by atoms with Crippen molar-refractivity contribution in [3.63, 3.8) is 0 Å². The second-order valence-electron chi connectivity index (χ2n) is 5.06. The Morgan fingerprint density at radius 1 is 1.56 bits per heavy atom. The molecule has 18 heavy (non-hydrogen) atoms. The Morgan fingerprint density at radius 3 is 3.11 bits per heavy atom. The normalized spacial score (nSPS) is 22.2. The van der Waals surface area contributed by atoms with Crippen molar-refractivity contribution in [2.75, 3.05) is 5.75 Å². The largest absolute Gasteiger partial charge is 0.362 e. The fourth-order valence-corrected chi connectivity index (χ4v) is 2.92. The summed E-state index contributed by atoms with van der Waals surface area (Å²) in [7, 11) is 0. The van der Waals surface area contributed by atoms with Crippen molar-refractivity contribution >= 4 is 16.9 Å². The fourth-order valence-electron chi connectivity index (χ4n) is 1.97. The van der Waals surface area contributed by atoms with Crippen LogP contribution in [0.3, 0.4) is 0 Å². The molecule has 0 aliphatic carbocycles. The number of aliphatic imine (C=N–C) groups is 1. The molecule has 0 bridgehead atoms. The molecule has 0 spiro atoms. The first-order valence-corrected chi connectivity index (χ1v) is 7.48. The summed E-state index contributed by atoms with van der Waals surface area (Å²) in [6, 6.07) is 2.61. The van der Waals surface area contributed by atoms with E-state index in [0.29, 0.717) is 12.0 Å². The molecular weight excluding hydrogens is 242 g/mol. The number of thioether (sulfide) groups is 1. The summed E-state index contributed by atoms with van der Waals surface area (Å²) < 4.78 is 0. The molecule has 98 valence electrons. The van der Waals surface area contributed by atoms with Crippen molar-refractivity contribution < 1.29 is 0 Å². The van der Waals surface area contributed by atoms with Gasteiger partial charge in [0.15, 0.2) is 5.17 Å². The average Bonchev–Trinajstić information content (AvgIpc) is 2.38. The predicted molar refractivity (Wildman–Crippen MR) is 78.9 cm³/mol. The second kappa shape index (κ2) is 6.23. The van der Waals surface area contributed by atoms with Gasteiger partial charge in [-0.1, -0.05) is 25.6 Å². The maximum atomic E-state index is 4.68.